The van der Waals surface area contributed by atoms with E-state index in [1.165, 1.54) is 106 Å². The van der Waals surface area contributed by atoms with E-state index in [2.05, 4.69) is 27.9 Å². The van der Waals surface area contributed by atoms with Gasteiger partial charge in [0.05, 0.1) is 52.4 Å². The molecule has 2 rings (SSSR count). The van der Waals surface area contributed by atoms with Crippen LogP contribution in [-0.2, 0) is 0 Å². The molecular formula is C21H44N2+2. The third-order valence-electron chi connectivity index (χ3n) is 7.55. The van der Waals surface area contributed by atoms with Gasteiger partial charge in [-0.1, -0.05) is 19.3 Å². The SMILES string of the molecule is CC1CCC[N+]1(C)CCCCCCCCC[N+]1(C)CCCC1C. The van der Waals surface area contributed by atoms with Gasteiger partial charge < -0.3 is 8.97 Å². The van der Waals surface area contributed by atoms with E-state index in [0.29, 0.717) is 0 Å². The Balaban J connectivity index is 1.43. The predicted molar refractivity (Wildman–Crippen MR) is 102 cm³/mol. The fourth-order valence-electron chi connectivity index (χ4n) is 5.05. The summed E-state index contributed by atoms with van der Waals surface area (Å²) >= 11 is 0. The quantitative estimate of drug-likeness (QED) is 0.393. The Bertz CT molecular complexity index is 311. The highest BCUT2D eigenvalue weighted by molar-refractivity contribution is 4.63. The van der Waals surface area contributed by atoms with Crippen molar-refractivity contribution in [3.8, 4) is 0 Å². The highest BCUT2D eigenvalue weighted by atomic mass is 15.4. The van der Waals surface area contributed by atoms with Crippen LogP contribution in [0.25, 0.3) is 0 Å². The lowest BCUT2D eigenvalue weighted by molar-refractivity contribution is -0.919. The van der Waals surface area contributed by atoms with Crippen LogP contribution in [-0.4, -0.2) is 61.3 Å². The van der Waals surface area contributed by atoms with Crippen molar-refractivity contribution >= 4 is 0 Å². The van der Waals surface area contributed by atoms with Crippen LogP contribution in [0, 0.1) is 0 Å². The van der Waals surface area contributed by atoms with E-state index in [4.69, 9.17) is 0 Å². The van der Waals surface area contributed by atoms with Crippen molar-refractivity contribution in [1.82, 2.24) is 0 Å². The molecule has 4 unspecified atom stereocenters. The standard InChI is InChI=1S/C21H44N2/c1-20-14-12-18-22(20,3)16-10-8-6-5-7-9-11-17-23(4)19-13-15-21(23)2/h20-21H,5-19H2,1-4H3/q+2. The van der Waals surface area contributed by atoms with Crippen molar-refractivity contribution in [2.75, 3.05) is 40.3 Å². The average molecular weight is 325 g/mol. The fourth-order valence-corrected chi connectivity index (χ4v) is 5.05. The molecule has 2 heterocycles. The zero-order valence-electron chi connectivity index (χ0n) is 16.7. The number of hydrogen-bond donors (Lipinski definition) is 0. The Labute approximate surface area is 146 Å². The van der Waals surface area contributed by atoms with E-state index in [1.807, 2.05) is 0 Å². The van der Waals surface area contributed by atoms with Crippen LogP contribution in [0.4, 0.5) is 0 Å². The molecule has 136 valence electrons. The van der Waals surface area contributed by atoms with E-state index in [1.54, 1.807) is 0 Å². The normalized spacial score (nSPS) is 37.6. The van der Waals surface area contributed by atoms with Crippen LogP contribution in [0.1, 0.15) is 84.5 Å². The minimum Gasteiger partial charge on any atom is -0.324 e. The maximum Gasteiger partial charge on any atom is 0.0861 e. The average Bonchev–Trinajstić information content (AvgIpc) is 3.01. The third kappa shape index (κ3) is 5.46. The summed E-state index contributed by atoms with van der Waals surface area (Å²) in [7, 11) is 4.97. The van der Waals surface area contributed by atoms with Crippen LogP contribution in [0.2, 0.25) is 0 Å². The Morgan fingerprint density at radius 3 is 1.26 bits per heavy atom. The fraction of sp³-hybridized carbons (Fsp3) is 1.00. The summed E-state index contributed by atoms with van der Waals surface area (Å²) in [6, 6.07) is 1.82. The maximum atomic E-state index is 2.49. The van der Waals surface area contributed by atoms with Gasteiger partial charge in [0.25, 0.3) is 0 Å². The molecule has 0 aliphatic carbocycles. The maximum absolute atomic E-state index is 2.49. The van der Waals surface area contributed by atoms with Crippen LogP contribution in [0.5, 0.6) is 0 Å². The van der Waals surface area contributed by atoms with Gasteiger partial charge in [-0.05, 0) is 39.5 Å². The molecule has 2 aliphatic heterocycles. The lowest BCUT2D eigenvalue weighted by atomic mass is 10.1. The number of quaternary nitrogens is 2. The summed E-state index contributed by atoms with van der Waals surface area (Å²) in [5.41, 5.74) is 0. The molecule has 23 heavy (non-hydrogen) atoms. The molecule has 0 N–H and O–H groups in total. The van der Waals surface area contributed by atoms with Crippen molar-refractivity contribution in [3.63, 3.8) is 0 Å². The third-order valence-corrected chi connectivity index (χ3v) is 7.55. The molecule has 0 bridgehead atoms. The first-order valence-corrected chi connectivity index (χ1v) is 10.6. The van der Waals surface area contributed by atoms with Crippen molar-refractivity contribution in [1.29, 1.82) is 0 Å². The van der Waals surface area contributed by atoms with Crippen molar-refractivity contribution in [2.45, 2.75) is 96.6 Å². The van der Waals surface area contributed by atoms with Gasteiger partial charge in [-0.15, -0.1) is 0 Å². The molecule has 0 amide bonds. The molecular weight excluding hydrogens is 280 g/mol. The van der Waals surface area contributed by atoms with E-state index < -0.39 is 0 Å². The second-order valence-corrected chi connectivity index (χ2v) is 9.31. The molecule has 2 aliphatic rings. The lowest BCUT2D eigenvalue weighted by Gasteiger charge is -2.34. The van der Waals surface area contributed by atoms with Crippen LogP contribution < -0.4 is 0 Å². The zero-order valence-corrected chi connectivity index (χ0v) is 16.7. The second kappa shape index (κ2) is 8.85. The molecule has 2 fully saturated rings. The summed E-state index contributed by atoms with van der Waals surface area (Å²) in [5.74, 6) is 0. The Hall–Kier alpha value is -0.0800. The lowest BCUT2D eigenvalue weighted by Crippen LogP contribution is -2.47. The number of unbranched alkanes of at least 4 members (excludes halogenated alkanes) is 6. The van der Waals surface area contributed by atoms with E-state index in [9.17, 15) is 0 Å². The molecule has 2 saturated heterocycles. The number of rotatable bonds is 10. The smallest absolute Gasteiger partial charge is 0.0861 e. The molecule has 0 aromatic rings. The van der Waals surface area contributed by atoms with E-state index in [-0.39, 0.29) is 0 Å². The van der Waals surface area contributed by atoms with Crippen molar-refractivity contribution in [2.24, 2.45) is 0 Å². The Kier molecular flexibility index (Phi) is 7.41. The van der Waals surface area contributed by atoms with Crippen LogP contribution >= 0.6 is 0 Å². The summed E-state index contributed by atoms with van der Waals surface area (Å²) < 4.78 is 2.71. The summed E-state index contributed by atoms with van der Waals surface area (Å²) in [6.45, 7) is 10.6. The minimum absolute atomic E-state index is 0.910. The molecule has 0 aromatic carbocycles. The van der Waals surface area contributed by atoms with Crippen LogP contribution in [0.3, 0.4) is 0 Å². The molecule has 0 radical (unpaired) electrons. The second-order valence-electron chi connectivity index (χ2n) is 9.31. The van der Waals surface area contributed by atoms with Gasteiger partial charge in [-0.2, -0.15) is 0 Å². The van der Waals surface area contributed by atoms with Gasteiger partial charge in [0.2, 0.25) is 0 Å². The summed E-state index contributed by atoms with van der Waals surface area (Å²) in [6.07, 6.45) is 16.0. The first kappa shape index (κ1) is 19.2. The van der Waals surface area contributed by atoms with E-state index in [0.717, 1.165) is 12.1 Å². The molecule has 2 heteroatoms. The Morgan fingerprint density at radius 1 is 0.609 bits per heavy atom. The molecule has 0 saturated carbocycles. The number of nitrogens with zero attached hydrogens (tertiary/aromatic N) is 2. The van der Waals surface area contributed by atoms with Gasteiger partial charge >= 0.3 is 0 Å². The minimum atomic E-state index is 0.910. The Morgan fingerprint density at radius 2 is 0.957 bits per heavy atom. The summed E-state index contributed by atoms with van der Waals surface area (Å²) in [4.78, 5) is 0. The highest BCUT2D eigenvalue weighted by Crippen LogP contribution is 2.26. The zero-order chi connectivity index (χ0) is 16.8. The van der Waals surface area contributed by atoms with Gasteiger partial charge in [0.15, 0.2) is 0 Å². The van der Waals surface area contributed by atoms with Crippen molar-refractivity contribution in [3.05, 3.63) is 0 Å². The summed E-state index contributed by atoms with van der Waals surface area (Å²) in [5, 5.41) is 0. The van der Waals surface area contributed by atoms with E-state index >= 15 is 0 Å². The van der Waals surface area contributed by atoms with Crippen molar-refractivity contribution < 1.29 is 8.97 Å². The monoisotopic (exact) mass is 324 g/mol. The first-order chi connectivity index (χ1) is 11.0. The van der Waals surface area contributed by atoms with Gasteiger partial charge in [-0.3, -0.25) is 0 Å². The highest BCUT2D eigenvalue weighted by Gasteiger charge is 2.34. The molecule has 0 aromatic heterocycles. The molecule has 0 spiro atoms. The van der Waals surface area contributed by atoms with Gasteiger partial charge in [0.1, 0.15) is 0 Å². The topological polar surface area (TPSA) is 0 Å². The largest absolute Gasteiger partial charge is 0.324 e. The van der Waals surface area contributed by atoms with Gasteiger partial charge in [-0.25, -0.2) is 0 Å². The predicted octanol–water partition coefficient (Wildman–Crippen LogP) is 4.97. The molecule has 4 atom stereocenters. The van der Waals surface area contributed by atoms with Gasteiger partial charge in [0, 0.05) is 25.7 Å². The number of hydrogen-bond acceptors (Lipinski definition) is 0. The first-order valence-electron chi connectivity index (χ1n) is 10.6. The number of likely N-dealkylation sites (tertiary alicyclic amines) is 2. The molecule has 2 nitrogen and oxygen atoms in total. The van der Waals surface area contributed by atoms with Crippen LogP contribution in [0.15, 0.2) is 0 Å².